The minimum Gasteiger partial charge on any atom is -0.449 e. The molecule has 0 atom stereocenters. The highest BCUT2D eigenvalue weighted by Crippen LogP contribution is 2.09. The van der Waals surface area contributed by atoms with E-state index < -0.39 is 0 Å². The molecule has 0 amide bonds. The van der Waals surface area contributed by atoms with Gasteiger partial charge in [0, 0.05) is 12.1 Å². The lowest BCUT2D eigenvalue weighted by molar-refractivity contribution is 0.188. The molecule has 4 nitrogen and oxygen atoms in total. The lowest BCUT2D eigenvalue weighted by atomic mass is 10.0. The van der Waals surface area contributed by atoms with E-state index in [0.29, 0.717) is 12.3 Å². The number of nitrogens with zero attached hydrogens (tertiary/aromatic N) is 2. The molecule has 0 unspecified atom stereocenters. The van der Waals surface area contributed by atoms with Crippen LogP contribution in [0.5, 0.6) is 0 Å². The van der Waals surface area contributed by atoms with E-state index >= 15 is 0 Å². The second-order valence-corrected chi connectivity index (χ2v) is 4.69. The molecule has 1 rings (SSSR count). The number of rotatable bonds is 5. The van der Waals surface area contributed by atoms with Crippen LogP contribution in [-0.4, -0.2) is 31.1 Å². The van der Waals surface area contributed by atoms with Gasteiger partial charge in [-0.05, 0) is 40.1 Å². The fourth-order valence-corrected chi connectivity index (χ4v) is 1.18. The molecule has 1 heterocycles. The predicted molar refractivity (Wildman–Crippen MR) is 62.9 cm³/mol. The highest BCUT2D eigenvalue weighted by Gasteiger charge is 2.19. The van der Waals surface area contributed by atoms with Gasteiger partial charge in [0.2, 0.25) is 5.76 Å². The van der Waals surface area contributed by atoms with Crippen molar-refractivity contribution in [1.29, 1.82) is 5.26 Å². The van der Waals surface area contributed by atoms with Crippen molar-refractivity contribution in [2.24, 2.45) is 0 Å². The maximum absolute atomic E-state index is 8.61. The summed E-state index contributed by atoms with van der Waals surface area (Å²) in [6.45, 7) is 5.85. The summed E-state index contributed by atoms with van der Waals surface area (Å²) in [7, 11) is 4.12. The molecule has 0 aromatic carbocycles. The zero-order valence-corrected chi connectivity index (χ0v) is 10.4. The number of hydrogen-bond acceptors (Lipinski definition) is 4. The maximum Gasteiger partial charge on any atom is 0.203 e. The van der Waals surface area contributed by atoms with Gasteiger partial charge in [-0.2, -0.15) is 5.26 Å². The third kappa shape index (κ3) is 3.37. The molecule has 1 N–H and O–H groups in total. The number of likely N-dealkylation sites (N-methyl/N-ethyl adjacent to an activating group) is 1. The molecule has 0 aliphatic rings. The molecule has 0 radical (unpaired) electrons. The normalized spacial score (nSPS) is 11.8. The number of hydrogen-bond donors (Lipinski definition) is 1. The topological polar surface area (TPSA) is 52.2 Å². The van der Waals surface area contributed by atoms with E-state index in [1.54, 1.807) is 6.07 Å². The molecule has 0 saturated carbocycles. The Balaban J connectivity index is 2.39. The fourth-order valence-electron chi connectivity index (χ4n) is 1.18. The van der Waals surface area contributed by atoms with Crippen molar-refractivity contribution in [2.45, 2.75) is 25.9 Å². The summed E-state index contributed by atoms with van der Waals surface area (Å²) in [5, 5.41) is 11.9. The van der Waals surface area contributed by atoms with Gasteiger partial charge in [0.25, 0.3) is 0 Å². The number of nitriles is 1. The van der Waals surface area contributed by atoms with Crippen molar-refractivity contribution in [3.8, 4) is 6.07 Å². The van der Waals surface area contributed by atoms with E-state index in [9.17, 15) is 0 Å². The minimum absolute atomic E-state index is 0.102. The van der Waals surface area contributed by atoms with Crippen molar-refractivity contribution in [3.05, 3.63) is 23.7 Å². The van der Waals surface area contributed by atoms with Crippen LogP contribution in [0.25, 0.3) is 0 Å². The van der Waals surface area contributed by atoms with Crippen LogP contribution < -0.4 is 5.32 Å². The van der Waals surface area contributed by atoms with Gasteiger partial charge < -0.3 is 14.6 Å². The summed E-state index contributed by atoms with van der Waals surface area (Å²) in [5.74, 6) is 1.16. The molecule has 0 aliphatic heterocycles. The Hall–Kier alpha value is -1.31. The van der Waals surface area contributed by atoms with Crippen LogP contribution in [0.1, 0.15) is 25.4 Å². The van der Waals surface area contributed by atoms with Crippen LogP contribution in [0.2, 0.25) is 0 Å². The fraction of sp³-hybridized carbons (Fsp3) is 0.583. The summed E-state index contributed by atoms with van der Waals surface area (Å²) < 4.78 is 5.27. The van der Waals surface area contributed by atoms with Crippen molar-refractivity contribution in [3.63, 3.8) is 0 Å². The summed E-state index contributed by atoms with van der Waals surface area (Å²) in [5.41, 5.74) is 0.102. The minimum atomic E-state index is 0.102. The van der Waals surface area contributed by atoms with E-state index in [2.05, 4.69) is 38.2 Å². The highest BCUT2D eigenvalue weighted by atomic mass is 16.3. The molecule has 1 aromatic rings. The Kier molecular flexibility index (Phi) is 4.11. The van der Waals surface area contributed by atoms with E-state index in [-0.39, 0.29) is 5.54 Å². The molecule has 0 saturated heterocycles. The molecular weight excluding hydrogens is 202 g/mol. The zero-order valence-electron chi connectivity index (χ0n) is 10.4. The van der Waals surface area contributed by atoms with Crippen LogP contribution >= 0.6 is 0 Å². The maximum atomic E-state index is 8.61. The first-order chi connectivity index (χ1) is 7.45. The van der Waals surface area contributed by atoms with Crippen molar-refractivity contribution < 1.29 is 4.42 Å². The highest BCUT2D eigenvalue weighted by molar-refractivity contribution is 5.18. The van der Waals surface area contributed by atoms with E-state index in [1.165, 1.54) is 0 Å². The SMILES string of the molecule is CN(C)C(C)(C)CNCc1ccc(C#N)o1. The first-order valence-electron chi connectivity index (χ1n) is 5.32. The largest absolute Gasteiger partial charge is 0.449 e. The van der Waals surface area contributed by atoms with Crippen molar-refractivity contribution >= 4 is 0 Å². The van der Waals surface area contributed by atoms with E-state index in [4.69, 9.17) is 9.68 Å². The molecule has 0 spiro atoms. The number of nitrogens with one attached hydrogen (secondary N) is 1. The first kappa shape index (κ1) is 12.8. The molecule has 0 fully saturated rings. The molecule has 16 heavy (non-hydrogen) atoms. The quantitative estimate of drug-likeness (QED) is 0.820. The third-order valence-corrected chi connectivity index (χ3v) is 2.84. The predicted octanol–water partition coefficient (Wildman–Crippen LogP) is 1.58. The van der Waals surface area contributed by atoms with Crippen LogP contribution in [0.15, 0.2) is 16.5 Å². The Morgan fingerprint density at radius 2 is 2.12 bits per heavy atom. The molecule has 0 bridgehead atoms. The summed E-state index contributed by atoms with van der Waals surface area (Å²) >= 11 is 0. The molecule has 88 valence electrons. The lowest BCUT2D eigenvalue weighted by Crippen LogP contribution is -2.46. The van der Waals surface area contributed by atoms with Crippen LogP contribution in [-0.2, 0) is 6.54 Å². The Bertz CT molecular complexity index is 374. The van der Waals surface area contributed by atoms with Gasteiger partial charge in [-0.3, -0.25) is 0 Å². The standard InChI is InChI=1S/C12H19N3O/c1-12(2,15(3)4)9-14-8-11-6-5-10(7-13)16-11/h5-6,14H,8-9H2,1-4H3. The first-order valence-corrected chi connectivity index (χ1v) is 5.32. The van der Waals surface area contributed by atoms with Crippen molar-refractivity contribution in [2.75, 3.05) is 20.6 Å². The van der Waals surface area contributed by atoms with Gasteiger partial charge >= 0.3 is 0 Å². The van der Waals surface area contributed by atoms with Crippen LogP contribution in [0, 0.1) is 11.3 Å². The number of furan rings is 1. The Morgan fingerprint density at radius 1 is 1.44 bits per heavy atom. The van der Waals surface area contributed by atoms with Gasteiger partial charge in [0.1, 0.15) is 11.8 Å². The Morgan fingerprint density at radius 3 is 2.62 bits per heavy atom. The second kappa shape index (κ2) is 5.15. The monoisotopic (exact) mass is 221 g/mol. The van der Waals surface area contributed by atoms with Gasteiger partial charge in [0.15, 0.2) is 0 Å². The van der Waals surface area contributed by atoms with Gasteiger partial charge in [-0.15, -0.1) is 0 Å². The van der Waals surface area contributed by atoms with Gasteiger partial charge in [-0.25, -0.2) is 0 Å². The van der Waals surface area contributed by atoms with E-state index in [0.717, 1.165) is 12.3 Å². The second-order valence-electron chi connectivity index (χ2n) is 4.69. The molecular formula is C12H19N3O. The molecule has 4 heteroatoms. The summed E-state index contributed by atoms with van der Waals surface area (Å²) in [6, 6.07) is 5.49. The van der Waals surface area contributed by atoms with Gasteiger partial charge in [-0.1, -0.05) is 0 Å². The zero-order chi connectivity index (χ0) is 12.2. The lowest BCUT2D eigenvalue weighted by Gasteiger charge is -2.32. The van der Waals surface area contributed by atoms with E-state index in [1.807, 2.05) is 12.1 Å². The average molecular weight is 221 g/mol. The smallest absolute Gasteiger partial charge is 0.203 e. The Labute approximate surface area is 96.8 Å². The van der Waals surface area contributed by atoms with Crippen LogP contribution in [0.3, 0.4) is 0 Å². The summed E-state index contributed by atoms with van der Waals surface area (Å²) in [4.78, 5) is 2.17. The average Bonchev–Trinajstić information content (AvgIpc) is 2.65. The van der Waals surface area contributed by atoms with Crippen LogP contribution in [0.4, 0.5) is 0 Å². The third-order valence-electron chi connectivity index (χ3n) is 2.84. The molecule has 1 aromatic heterocycles. The van der Waals surface area contributed by atoms with Gasteiger partial charge in [0.05, 0.1) is 6.54 Å². The van der Waals surface area contributed by atoms with Crippen molar-refractivity contribution in [1.82, 2.24) is 10.2 Å². The molecule has 0 aliphatic carbocycles. The summed E-state index contributed by atoms with van der Waals surface area (Å²) in [6.07, 6.45) is 0.